The van der Waals surface area contributed by atoms with Gasteiger partial charge < -0.3 is 4.74 Å². The number of rotatable bonds is 0. The Morgan fingerprint density at radius 1 is 1.50 bits per heavy atom. The fourth-order valence-electron chi connectivity index (χ4n) is 1.85. The predicted molar refractivity (Wildman–Crippen MR) is 42.2 cm³/mol. The third kappa shape index (κ3) is 1.16. The Balaban J connectivity index is 2.35. The van der Waals surface area contributed by atoms with Crippen molar-refractivity contribution in [2.24, 2.45) is 0 Å². The van der Waals surface area contributed by atoms with E-state index < -0.39 is 15.7 Å². The van der Waals surface area contributed by atoms with Crippen LogP contribution in [-0.2, 0) is 19.0 Å². The van der Waals surface area contributed by atoms with E-state index in [0.717, 1.165) is 0 Å². The molecule has 2 aliphatic heterocycles. The van der Waals surface area contributed by atoms with E-state index >= 15 is 0 Å². The van der Waals surface area contributed by atoms with Crippen LogP contribution in [0.2, 0.25) is 0 Å². The van der Waals surface area contributed by atoms with Gasteiger partial charge in [0.15, 0.2) is 0 Å². The minimum Gasteiger partial charge on any atom is -0.371 e. The predicted octanol–water partition coefficient (Wildman–Crippen LogP) is 0.282. The zero-order valence-electron chi connectivity index (χ0n) is 7.11. The van der Waals surface area contributed by atoms with Crippen molar-refractivity contribution >= 4 is 10.1 Å². The zero-order valence-corrected chi connectivity index (χ0v) is 7.93. The molecule has 0 saturated carbocycles. The van der Waals surface area contributed by atoms with Crippen LogP contribution in [0, 0.1) is 0 Å². The van der Waals surface area contributed by atoms with Gasteiger partial charge >= 0.3 is 0 Å². The lowest BCUT2D eigenvalue weighted by molar-refractivity contribution is 0.00816. The van der Waals surface area contributed by atoms with Crippen LogP contribution in [0.3, 0.4) is 0 Å². The van der Waals surface area contributed by atoms with Crippen LogP contribution in [0.5, 0.6) is 0 Å². The molecule has 2 rings (SSSR count). The highest BCUT2D eigenvalue weighted by molar-refractivity contribution is 7.86. The van der Waals surface area contributed by atoms with Gasteiger partial charge in [-0.05, 0) is 13.8 Å². The molecule has 0 spiro atoms. The van der Waals surface area contributed by atoms with Crippen molar-refractivity contribution in [1.82, 2.24) is 0 Å². The average molecular weight is 192 g/mol. The minimum absolute atomic E-state index is 0.00687. The fourth-order valence-corrected chi connectivity index (χ4v) is 3.35. The Kier molecular flexibility index (Phi) is 1.56. The van der Waals surface area contributed by atoms with Crippen LogP contribution in [0.15, 0.2) is 0 Å². The average Bonchev–Trinajstić information content (AvgIpc) is 1.99. The lowest BCUT2D eigenvalue weighted by Crippen LogP contribution is -2.41. The first-order valence-corrected chi connectivity index (χ1v) is 5.58. The SMILES string of the molecule is CC1OC2CC1(C)OS(=O)(=O)C2. The molecule has 0 aliphatic carbocycles. The van der Waals surface area contributed by atoms with E-state index in [2.05, 4.69) is 0 Å². The Labute approximate surface area is 72.0 Å². The Morgan fingerprint density at radius 3 is 2.75 bits per heavy atom. The van der Waals surface area contributed by atoms with Gasteiger partial charge in [0, 0.05) is 6.42 Å². The van der Waals surface area contributed by atoms with E-state index in [4.69, 9.17) is 8.92 Å². The summed E-state index contributed by atoms with van der Waals surface area (Å²) in [5, 5.41) is 0. The highest BCUT2D eigenvalue weighted by Gasteiger charge is 2.52. The lowest BCUT2D eigenvalue weighted by atomic mass is 9.98. The van der Waals surface area contributed by atoms with E-state index in [1.54, 1.807) is 6.92 Å². The first-order valence-electron chi connectivity index (χ1n) is 4.00. The number of ether oxygens (including phenoxy) is 1. The third-order valence-electron chi connectivity index (χ3n) is 2.60. The molecule has 12 heavy (non-hydrogen) atoms. The first kappa shape index (κ1) is 8.47. The second-order valence-corrected chi connectivity index (χ2v) is 5.34. The summed E-state index contributed by atoms with van der Waals surface area (Å²) < 4.78 is 32.8. The summed E-state index contributed by atoms with van der Waals surface area (Å²) in [5.74, 6) is 0.00687. The van der Waals surface area contributed by atoms with Gasteiger partial charge in [0.25, 0.3) is 10.1 Å². The van der Waals surface area contributed by atoms with Gasteiger partial charge in [0.2, 0.25) is 0 Å². The van der Waals surface area contributed by atoms with Crippen molar-refractivity contribution in [1.29, 1.82) is 0 Å². The molecule has 2 heterocycles. The number of fused-ring (bicyclic) bond motifs is 2. The molecule has 3 unspecified atom stereocenters. The molecule has 2 bridgehead atoms. The van der Waals surface area contributed by atoms with Crippen molar-refractivity contribution < 1.29 is 17.3 Å². The van der Waals surface area contributed by atoms with Crippen molar-refractivity contribution in [2.75, 3.05) is 5.75 Å². The second kappa shape index (κ2) is 2.21. The van der Waals surface area contributed by atoms with Crippen molar-refractivity contribution in [3.63, 3.8) is 0 Å². The quantitative estimate of drug-likeness (QED) is 0.517. The molecule has 0 N–H and O–H groups in total. The van der Waals surface area contributed by atoms with Crippen molar-refractivity contribution in [3.8, 4) is 0 Å². The first-order chi connectivity index (χ1) is 5.41. The summed E-state index contributed by atoms with van der Waals surface area (Å²) in [6.45, 7) is 3.63. The molecule has 0 aromatic heterocycles. The Bertz CT molecular complexity index is 297. The maximum atomic E-state index is 11.2. The number of hydrogen-bond donors (Lipinski definition) is 0. The summed E-state index contributed by atoms with van der Waals surface area (Å²) in [4.78, 5) is 0. The van der Waals surface area contributed by atoms with Crippen LogP contribution in [0.25, 0.3) is 0 Å². The van der Waals surface area contributed by atoms with E-state index in [9.17, 15) is 8.42 Å². The smallest absolute Gasteiger partial charge is 0.270 e. The van der Waals surface area contributed by atoms with E-state index in [1.165, 1.54) is 0 Å². The largest absolute Gasteiger partial charge is 0.371 e. The van der Waals surface area contributed by atoms with Gasteiger partial charge in [-0.15, -0.1) is 0 Å². The van der Waals surface area contributed by atoms with Gasteiger partial charge in [0.1, 0.15) is 11.4 Å². The monoisotopic (exact) mass is 192 g/mol. The molecule has 4 nitrogen and oxygen atoms in total. The van der Waals surface area contributed by atoms with Crippen LogP contribution in [0.4, 0.5) is 0 Å². The molecule has 70 valence electrons. The van der Waals surface area contributed by atoms with Crippen LogP contribution >= 0.6 is 0 Å². The highest BCUT2D eigenvalue weighted by Crippen LogP contribution is 2.39. The standard InChI is InChI=1S/C7H12O4S/c1-5-7(2)3-6(10-5)4-12(8,9)11-7/h5-6H,3-4H2,1-2H3. The number of hydrogen-bond acceptors (Lipinski definition) is 4. The van der Waals surface area contributed by atoms with E-state index in [1.807, 2.05) is 6.92 Å². The summed E-state index contributed by atoms with van der Waals surface area (Å²) in [6, 6.07) is 0. The molecular weight excluding hydrogens is 180 g/mol. The van der Waals surface area contributed by atoms with E-state index in [0.29, 0.717) is 6.42 Å². The molecule has 5 heteroatoms. The fraction of sp³-hybridized carbons (Fsp3) is 1.00. The van der Waals surface area contributed by atoms with Crippen LogP contribution in [0.1, 0.15) is 20.3 Å². The molecule has 2 saturated heterocycles. The molecule has 0 amide bonds. The zero-order chi connectivity index (χ0) is 8.98. The molecule has 2 aliphatic rings. The Hall–Kier alpha value is -0.130. The highest BCUT2D eigenvalue weighted by atomic mass is 32.2. The maximum absolute atomic E-state index is 11.2. The molecule has 0 radical (unpaired) electrons. The van der Waals surface area contributed by atoms with Gasteiger partial charge in [-0.3, -0.25) is 4.18 Å². The maximum Gasteiger partial charge on any atom is 0.270 e. The van der Waals surface area contributed by atoms with Gasteiger partial charge in [-0.25, -0.2) is 0 Å². The van der Waals surface area contributed by atoms with Crippen molar-refractivity contribution in [3.05, 3.63) is 0 Å². The summed E-state index contributed by atoms with van der Waals surface area (Å²) in [6.07, 6.45) is 0.399. The topological polar surface area (TPSA) is 52.6 Å². The normalized spacial score (nSPS) is 50.8. The lowest BCUT2D eigenvalue weighted by Gasteiger charge is -2.28. The molecule has 2 fully saturated rings. The summed E-state index contributed by atoms with van der Waals surface area (Å²) in [5.41, 5.74) is -0.623. The Morgan fingerprint density at radius 2 is 2.17 bits per heavy atom. The molecule has 0 aromatic rings. The van der Waals surface area contributed by atoms with Crippen molar-refractivity contribution in [2.45, 2.75) is 38.1 Å². The molecule has 3 atom stereocenters. The van der Waals surface area contributed by atoms with Crippen LogP contribution in [-0.4, -0.2) is 32.0 Å². The van der Waals surface area contributed by atoms with Crippen LogP contribution < -0.4 is 0 Å². The van der Waals surface area contributed by atoms with E-state index in [-0.39, 0.29) is 18.0 Å². The summed E-state index contributed by atoms with van der Waals surface area (Å²) in [7, 11) is -3.33. The van der Waals surface area contributed by atoms with Gasteiger partial charge in [-0.2, -0.15) is 8.42 Å². The minimum atomic E-state index is -3.33. The van der Waals surface area contributed by atoms with Gasteiger partial charge in [0.05, 0.1) is 12.2 Å². The van der Waals surface area contributed by atoms with Gasteiger partial charge in [-0.1, -0.05) is 0 Å². The second-order valence-electron chi connectivity index (χ2n) is 3.72. The molecule has 0 aromatic carbocycles. The summed E-state index contributed by atoms with van der Waals surface area (Å²) >= 11 is 0. The third-order valence-corrected chi connectivity index (χ3v) is 4.01. The molecular formula is C7H12O4S.